The number of anilines is 1. The molecule has 5 rings (SSSR count). The summed E-state index contributed by atoms with van der Waals surface area (Å²) >= 11 is 5.99. The lowest BCUT2D eigenvalue weighted by Crippen LogP contribution is -2.49. The number of aliphatic hydroxyl groups is 1. The number of fused-ring (bicyclic) bond motifs is 2. The number of aromatic nitrogens is 2. The first-order chi connectivity index (χ1) is 20.7. The van der Waals surface area contributed by atoms with E-state index in [0.29, 0.717) is 91.9 Å². The number of rotatable bonds is 9. The van der Waals surface area contributed by atoms with E-state index in [1.165, 1.54) is 15.8 Å². The lowest BCUT2D eigenvalue weighted by molar-refractivity contribution is -0.136. The van der Waals surface area contributed by atoms with Crippen LogP contribution in [0, 0.1) is 0 Å². The summed E-state index contributed by atoms with van der Waals surface area (Å²) in [5, 5.41) is 15.0. The number of alkyl halides is 1. The standard InChI is InChI=1S/C31H35ClFN5O5/c32-23-7-8-24-25(17-23)35-20-37(30(24)42)19-31(43)10-14-36(15-11-31)27(39)5-1-2-12-34-29(41)22-6-9-26-21(16-22)4-3-13-38(26)28(40)18-33/h6-9,16-17,20,43H,1-5,10-15,18-19H2,(H,34,41). The summed E-state index contributed by atoms with van der Waals surface area (Å²) in [6.07, 6.45) is 5.12. The maximum absolute atomic E-state index is 12.9. The number of halogens is 2. The summed E-state index contributed by atoms with van der Waals surface area (Å²) in [6, 6.07) is 9.98. The lowest BCUT2D eigenvalue weighted by Gasteiger charge is -2.38. The van der Waals surface area contributed by atoms with E-state index in [9.17, 15) is 28.7 Å². The zero-order valence-electron chi connectivity index (χ0n) is 23.9. The molecule has 1 saturated heterocycles. The molecule has 2 aliphatic heterocycles. The average Bonchev–Trinajstić information content (AvgIpc) is 3.01. The highest BCUT2D eigenvalue weighted by Gasteiger charge is 2.34. The molecule has 228 valence electrons. The summed E-state index contributed by atoms with van der Waals surface area (Å²) in [6.45, 7) is 0.716. The fraction of sp³-hybridized carbons (Fsp3) is 0.452. The number of carbonyl (C=O) groups excluding carboxylic acids is 3. The molecule has 3 amide bonds. The number of amides is 3. The number of carbonyl (C=O) groups is 3. The van der Waals surface area contributed by atoms with E-state index < -0.39 is 18.2 Å². The molecule has 0 spiro atoms. The molecule has 3 aromatic rings. The molecule has 1 aromatic heterocycles. The molecule has 10 nitrogen and oxygen atoms in total. The first-order valence-corrected chi connectivity index (χ1v) is 15.0. The van der Waals surface area contributed by atoms with Crippen LogP contribution < -0.4 is 15.8 Å². The molecule has 2 aliphatic rings. The van der Waals surface area contributed by atoms with Crippen LogP contribution in [0.15, 0.2) is 47.5 Å². The number of likely N-dealkylation sites (tertiary alicyclic amines) is 1. The Labute approximate surface area is 253 Å². The van der Waals surface area contributed by atoms with E-state index in [0.717, 1.165) is 12.0 Å². The van der Waals surface area contributed by atoms with Crippen molar-refractivity contribution < 1.29 is 23.9 Å². The molecule has 0 atom stereocenters. The molecule has 12 heteroatoms. The van der Waals surface area contributed by atoms with Gasteiger partial charge in [0, 0.05) is 48.9 Å². The van der Waals surface area contributed by atoms with Crippen molar-refractivity contribution >= 4 is 45.9 Å². The van der Waals surface area contributed by atoms with Crippen LogP contribution in [-0.2, 0) is 22.6 Å². The molecule has 3 heterocycles. The third kappa shape index (κ3) is 7.05. The van der Waals surface area contributed by atoms with Crippen LogP contribution in [0.1, 0.15) is 54.4 Å². The Hall–Kier alpha value is -3.83. The summed E-state index contributed by atoms with van der Waals surface area (Å²) in [4.78, 5) is 57.6. The van der Waals surface area contributed by atoms with Gasteiger partial charge in [-0.1, -0.05) is 11.6 Å². The Balaban J connectivity index is 1.04. The van der Waals surface area contributed by atoms with E-state index in [2.05, 4.69) is 10.3 Å². The van der Waals surface area contributed by atoms with Crippen molar-refractivity contribution in [1.82, 2.24) is 19.8 Å². The van der Waals surface area contributed by atoms with Crippen molar-refractivity contribution in [2.24, 2.45) is 0 Å². The Morgan fingerprint density at radius 1 is 1.05 bits per heavy atom. The topological polar surface area (TPSA) is 125 Å². The Morgan fingerprint density at radius 3 is 2.60 bits per heavy atom. The van der Waals surface area contributed by atoms with Crippen LogP contribution >= 0.6 is 11.6 Å². The van der Waals surface area contributed by atoms with E-state index in [1.54, 1.807) is 41.3 Å². The predicted molar refractivity (Wildman–Crippen MR) is 161 cm³/mol. The quantitative estimate of drug-likeness (QED) is 0.358. The molecular formula is C31H35ClFN5O5. The number of nitrogens with zero attached hydrogens (tertiary/aromatic N) is 4. The normalized spacial score (nSPS) is 16.2. The van der Waals surface area contributed by atoms with Crippen LogP contribution in [0.5, 0.6) is 0 Å². The second-order valence-corrected chi connectivity index (χ2v) is 11.7. The number of unbranched alkanes of at least 4 members (excludes halogenated alkanes) is 1. The lowest BCUT2D eigenvalue weighted by atomic mass is 9.91. The highest BCUT2D eigenvalue weighted by molar-refractivity contribution is 6.31. The van der Waals surface area contributed by atoms with Gasteiger partial charge in [0.25, 0.3) is 17.4 Å². The Morgan fingerprint density at radius 2 is 1.84 bits per heavy atom. The van der Waals surface area contributed by atoms with Gasteiger partial charge < -0.3 is 20.2 Å². The van der Waals surface area contributed by atoms with Crippen molar-refractivity contribution in [1.29, 1.82) is 0 Å². The smallest absolute Gasteiger partial charge is 0.261 e. The van der Waals surface area contributed by atoms with Crippen LogP contribution in [-0.4, -0.2) is 75.7 Å². The molecule has 2 N–H and O–H groups in total. The summed E-state index contributed by atoms with van der Waals surface area (Å²) in [5.41, 5.74) is 1.13. The SMILES string of the molecule is O=C(NCCCCC(=O)N1CCC(O)(Cn2cnc3cc(Cl)ccc3c2=O)CC1)c1ccc2c(c1)CCCN2C(=O)CF. The molecule has 0 aliphatic carbocycles. The van der Waals surface area contributed by atoms with E-state index in [4.69, 9.17) is 11.6 Å². The van der Waals surface area contributed by atoms with Crippen LogP contribution in [0.2, 0.25) is 5.02 Å². The predicted octanol–water partition coefficient (Wildman–Crippen LogP) is 3.25. The van der Waals surface area contributed by atoms with E-state index in [1.807, 2.05) is 0 Å². The van der Waals surface area contributed by atoms with Crippen molar-refractivity contribution in [2.75, 3.05) is 37.8 Å². The molecule has 0 unspecified atom stereocenters. The molecule has 2 aromatic carbocycles. The highest BCUT2D eigenvalue weighted by atomic mass is 35.5. The third-order valence-corrected chi connectivity index (χ3v) is 8.51. The largest absolute Gasteiger partial charge is 0.388 e. The van der Waals surface area contributed by atoms with Crippen LogP contribution in [0.3, 0.4) is 0 Å². The third-order valence-electron chi connectivity index (χ3n) is 8.28. The number of aryl methyl sites for hydroxylation is 1. The minimum absolute atomic E-state index is 0.00291. The second kappa shape index (κ2) is 13.2. The molecule has 1 fully saturated rings. The van der Waals surface area contributed by atoms with Gasteiger partial charge >= 0.3 is 0 Å². The van der Waals surface area contributed by atoms with Crippen molar-refractivity contribution in [2.45, 2.75) is 57.1 Å². The maximum Gasteiger partial charge on any atom is 0.261 e. The number of piperidine rings is 1. The monoisotopic (exact) mass is 611 g/mol. The number of benzene rings is 2. The van der Waals surface area contributed by atoms with Gasteiger partial charge in [-0.05, 0) is 80.5 Å². The number of nitrogens with one attached hydrogen (secondary N) is 1. The van der Waals surface area contributed by atoms with Gasteiger partial charge in [0.15, 0.2) is 6.67 Å². The van der Waals surface area contributed by atoms with E-state index >= 15 is 0 Å². The van der Waals surface area contributed by atoms with Crippen LogP contribution in [0.4, 0.5) is 10.1 Å². The van der Waals surface area contributed by atoms with E-state index in [-0.39, 0.29) is 23.9 Å². The van der Waals surface area contributed by atoms with Gasteiger partial charge in [-0.25, -0.2) is 9.37 Å². The average molecular weight is 612 g/mol. The maximum atomic E-state index is 12.9. The molecular weight excluding hydrogens is 577 g/mol. The van der Waals surface area contributed by atoms with Gasteiger partial charge in [0.2, 0.25) is 5.91 Å². The first kappa shape index (κ1) is 30.6. The van der Waals surface area contributed by atoms with Gasteiger partial charge in [0.05, 0.1) is 29.4 Å². The Bertz CT molecular complexity index is 1590. The molecule has 0 radical (unpaired) electrons. The second-order valence-electron chi connectivity index (χ2n) is 11.3. The first-order valence-electron chi connectivity index (χ1n) is 14.6. The molecule has 0 saturated carbocycles. The fourth-order valence-corrected chi connectivity index (χ4v) is 5.99. The Kier molecular flexibility index (Phi) is 9.41. The number of hydrogen-bond donors (Lipinski definition) is 2. The van der Waals surface area contributed by atoms with Gasteiger partial charge in [-0.2, -0.15) is 0 Å². The zero-order chi connectivity index (χ0) is 30.6. The summed E-state index contributed by atoms with van der Waals surface area (Å²) in [5.74, 6) is -0.811. The molecule has 43 heavy (non-hydrogen) atoms. The van der Waals surface area contributed by atoms with Crippen molar-refractivity contribution in [3.8, 4) is 0 Å². The minimum atomic E-state index is -1.12. The fourth-order valence-electron chi connectivity index (χ4n) is 5.82. The number of hydrogen-bond acceptors (Lipinski definition) is 6. The van der Waals surface area contributed by atoms with Gasteiger partial charge in [0.1, 0.15) is 0 Å². The molecule has 0 bridgehead atoms. The van der Waals surface area contributed by atoms with Gasteiger partial charge in [-0.15, -0.1) is 0 Å². The van der Waals surface area contributed by atoms with Crippen molar-refractivity contribution in [3.63, 3.8) is 0 Å². The van der Waals surface area contributed by atoms with Gasteiger partial charge in [-0.3, -0.25) is 23.7 Å². The van der Waals surface area contributed by atoms with Crippen LogP contribution in [0.25, 0.3) is 10.9 Å². The summed E-state index contributed by atoms with van der Waals surface area (Å²) < 4.78 is 14.3. The zero-order valence-corrected chi connectivity index (χ0v) is 24.6. The minimum Gasteiger partial charge on any atom is -0.388 e. The summed E-state index contributed by atoms with van der Waals surface area (Å²) in [7, 11) is 0. The highest BCUT2D eigenvalue weighted by Crippen LogP contribution is 2.28. The van der Waals surface area contributed by atoms with Crippen molar-refractivity contribution in [3.05, 3.63) is 69.2 Å².